The van der Waals surface area contributed by atoms with Gasteiger partial charge in [0.05, 0.1) is 22.5 Å². The molecule has 2 aromatic heterocycles. The Morgan fingerprint density at radius 2 is 1.89 bits per heavy atom. The molecule has 2 aliphatic carbocycles. The van der Waals surface area contributed by atoms with Crippen LogP contribution >= 0.6 is 0 Å². The highest BCUT2D eigenvalue weighted by atomic mass is 32.2. The summed E-state index contributed by atoms with van der Waals surface area (Å²) >= 11 is 0. The molecule has 2 amide bonds. The molecule has 2 heterocycles. The Morgan fingerprint density at radius 3 is 2.54 bits per heavy atom. The minimum Gasteiger partial charge on any atom is -0.465 e. The summed E-state index contributed by atoms with van der Waals surface area (Å²) in [6, 6.07) is 5.40. The summed E-state index contributed by atoms with van der Waals surface area (Å²) in [6.07, 6.45) is 5.67. The first-order valence-electron chi connectivity index (χ1n) is 12.3. The van der Waals surface area contributed by atoms with Gasteiger partial charge < -0.3 is 15.7 Å². The third kappa shape index (κ3) is 5.14. The fourth-order valence-corrected chi connectivity index (χ4v) is 6.28. The average Bonchev–Trinajstić information content (AvgIpc) is 3.66. The van der Waals surface area contributed by atoms with Crippen LogP contribution in [-0.4, -0.2) is 42.0 Å². The van der Waals surface area contributed by atoms with Crippen molar-refractivity contribution in [3.63, 3.8) is 0 Å². The van der Waals surface area contributed by atoms with Gasteiger partial charge in [0.2, 0.25) is 10.0 Å². The lowest BCUT2D eigenvalue weighted by Gasteiger charge is -2.18. The van der Waals surface area contributed by atoms with Crippen molar-refractivity contribution in [1.29, 1.82) is 0 Å². The predicted octanol–water partition coefficient (Wildman–Crippen LogP) is 3.63. The topological polar surface area (TPSA) is 150 Å². The van der Waals surface area contributed by atoms with E-state index < -0.39 is 28.2 Å². The zero-order valence-corrected chi connectivity index (χ0v) is 21.4. The van der Waals surface area contributed by atoms with Crippen molar-refractivity contribution in [2.75, 3.05) is 6.54 Å². The minimum atomic E-state index is -3.91. The van der Waals surface area contributed by atoms with Crippen LogP contribution in [0, 0.1) is 5.92 Å². The SMILES string of the molecule is CC(C)CNS(=O)(=O)c1cc2c(c3cnc(C4CC4)cc13)C(NC(=O)O)CC2NC(=O)c1cccnc1. The summed E-state index contributed by atoms with van der Waals surface area (Å²) in [5.41, 5.74) is 2.36. The Bertz CT molecular complexity index is 1470. The van der Waals surface area contributed by atoms with Gasteiger partial charge in [-0.2, -0.15) is 0 Å². The van der Waals surface area contributed by atoms with E-state index in [4.69, 9.17) is 0 Å². The largest absolute Gasteiger partial charge is 0.465 e. The predicted molar refractivity (Wildman–Crippen MR) is 137 cm³/mol. The molecule has 2 unspecified atom stereocenters. The van der Waals surface area contributed by atoms with Crippen molar-refractivity contribution >= 4 is 32.8 Å². The lowest BCUT2D eigenvalue weighted by molar-refractivity contribution is 0.0935. The average molecular weight is 524 g/mol. The summed E-state index contributed by atoms with van der Waals surface area (Å²) in [5, 5.41) is 16.1. The van der Waals surface area contributed by atoms with Crippen molar-refractivity contribution in [2.24, 2.45) is 5.92 Å². The third-order valence-electron chi connectivity index (χ3n) is 6.77. The molecular weight excluding hydrogens is 494 g/mol. The number of fused-ring (bicyclic) bond motifs is 3. The molecule has 0 bridgehead atoms. The van der Waals surface area contributed by atoms with Crippen LogP contribution in [0.1, 0.15) is 78.3 Å². The van der Waals surface area contributed by atoms with Gasteiger partial charge >= 0.3 is 6.09 Å². The first kappa shape index (κ1) is 25.1. The van der Waals surface area contributed by atoms with E-state index in [9.17, 15) is 23.1 Å². The zero-order chi connectivity index (χ0) is 26.3. The summed E-state index contributed by atoms with van der Waals surface area (Å²) in [4.78, 5) is 33.3. The van der Waals surface area contributed by atoms with Crippen LogP contribution in [0.4, 0.5) is 4.79 Å². The molecule has 11 heteroatoms. The maximum Gasteiger partial charge on any atom is 0.405 e. The van der Waals surface area contributed by atoms with Gasteiger partial charge in [-0.15, -0.1) is 0 Å². The van der Waals surface area contributed by atoms with Crippen molar-refractivity contribution in [1.82, 2.24) is 25.3 Å². The van der Waals surface area contributed by atoms with Gasteiger partial charge in [-0.05, 0) is 60.6 Å². The van der Waals surface area contributed by atoms with Crippen LogP contribution in [0.3, 0.4) is 0 Å². The van der Waals surface area contributed by atoms with Gasteiger partial charge in [0.1, 0.15) is 0 Å². The van der Waals surface area contributed by atoms with Crippen molar-refractivity contribution in [2.45, 2.75) is 56.0 Å². The molecule has 194 valence electrons. The van der Waals surface area contributed by atoms with E-state index in [-0.39, 0.29) is 29.7 Å². The maximum absolute atomic E-state index is 13.5. The van der Waals surface area contributed by atoms with Gasteiger partial charge in [0.25, 0.3) is 5.91 Å². The van der Waals surface area contributed by atoms with Crippen LogP contribution in [0.15, 0.2) is 47.8 Å². The Balaban J connectivity index is 1.66. The molecule has 3 aromatic rings. The van der Waals surface area contributed by atoms with Gasteiger partial charge in [0.15, 0.2) is 0 Å². The lowest BCUT2D eigenvalue weighted by Crippen LogP contribution is -2.29. The molecule has 0 spiro atoms. The van der Waals surface area contributed by atoms with Gasteiger partial charge in [-0.3, -0.25) is 14.8 Å². The highest BCUT2D eigenvalue weighted by Crippen LogP contribution is 2.46. The fourth-order valence-electron chi connectivity index (χ4n) is 4.83. The molecule has 1 saturated carbocycles. The second-order valence-corrected chi connectivity index (χ2v) is 11.8. The number of carboxylic acid groups (broad SMARTS) is 1. The second kappa shape index (κ2) is 9.71. The van der Waals surface area contributed by atoms with E-state index in [2.05, 4.69) is 25.3 Å². The molecule has 5 rings (SSSR count). The number of hydrogen-bond acceptors (Lipinski definition) is 6. The molecule has 0 radical (unpaired) electrons. The molecule has 1 fully saturated rings. The highest BCUT2D eigenvalue weighted by Gasteiger charge is 2.37. The Labute approximate surface area is 215 Å². The molecule has 2 aliphatic rings. The van der Waals surface area contributed by atoms with Crippen LogP contribution in [-0.2, 0) is 10.0 Å². The number of benzene rings is 1. The third-order valence-corrected chi connectivity index (χ3v) is 8.23. The van der Waals surface area contributed by atoms with E-state index >= 15 is 0 Å². The van der Waals surface area contributed by atoms with Crippen LogP contribution in [0.25, 0.3) is 10.8 Å². The van der Waals surface area contributed by atoms with Crippen LogP contribution in [0.5, 0.6) is 0 Å². The van der Waals surface area contributed by atoms with Crippen molar-refractivity contribution in [3.05, 3.63) is 65.2 Å². The Hall–Kier alpha value is -3.57. The number of hydrogen-bond donors (Lipinski definition) is 4. The van der Waals surface area contributed by atoms with Gasteiger partial charge in [-0.25, -0.2) is 17.9 Å². The van der Waals surface area contributed by atoms with Crippen molar-refractivity contribution in [3.8, 4) is 0 Å². The fraction of sp³-hybridized carbons (Fsp3) is 0.385. The molecule has 1 aromatic carbocycles. The first-order valence-corrected chi connectivity index (χ1v) is 13.8. The lowest BCUT2D eigenvalue weighted by atomic mass is 9.98. The standard InChI is InChI=1S/C26H29N5O5S/c1-14(2)11-29-37(35,36)23-9-18-21(30-25(32)16-4-3-7-27-12-16)10-22(31-26(33)34)24(18)19-13-28-20(8-17(19)23)15-5-6-15/h3-4,7-9,12-15,21-22,29,31H,5-6,10-11H2,1-2H3,(H,30,32)(H,33,34). The summed E-state index contributed by atoms with van der Waals surface area (Å²) in [6.45, 7) is 4.11. The molecule has 37 heavy (non-hydrogen) atoms. The Kier molecular flexibility index (Phi) is 6.59. The van der Waals surface area contributed by atoms with Crippen molar-refractivity contribution < 1.29 is 23.1 Å². The van der Waals surface area contributed by atoms with E-state index in [1.54, 1.807) is 30.6 Å². The molecular formula is C26H29N5O5S. The normalized spacial score (nSPS) is 19.1. The summed E-state index contributed by atoms with van der Waals surface area (Å²) in [5.74, 6) is 0.0239. The maximum atomic E-state index is 13.5. The summed E-state index contributed by atoms with van der Waals surface area (Å²) in [7, 11) is -3.91. The van der Waals surface area contributed by atoms with Gasteiger partial charge in [0, 0.05) is 47.5 Å². The number of rotatable bonds is 8. The molecule has 4 N–H and O–H groups in total. The molecule has 0 aliphatic heterocycles. The Morgan fingerprint density at radius 1 is 1.11 bits per heavy atom. The number of aromatic nitrogens is 2. The number of sulfonamides is 1. The number of nitrogens with one attached hydrogen (secondary N) is 3. The number of pyridine rings is 2. The van der Waals surface area contributed by atoms with E-state index in [0.29, 0.717) is 33.4 Å². The first-order chi connectivity index (χ1) is 17.6. The smallest absolute Gasteiger partial charge is 0.405 e. The number of amides is 2. The summed E-state index contributed by atoms with van der Waals surface area (Å²) < 4.78 is 29.7. The second-order valence-electron chi connectivity index (χ2n) is 10.1. The molecule has 2 atom stereocenters. The molecule has 10 nitrogen and oxygen atoms in total. The van der Waals surface area contributed by atoms with Crippen LogP contribution < -0.4 is 15.4 Å². The van der Waals surface area contributed by atoms with Gasteiger partial charge in [-0.1, -0.05) is 13.8 Å². The van der Waals surface area contributed by atoms with E-state index in [1.807, 2.05) is 19.9 Å². The highest BCUT2D eigenvalue weighted by molar-refractivity contribution is 7.89. The molecule has 0 saturated heterocycles. The zero-order valence-electron chi connectivity index (χ0n) is 20.6. The van der Waals surface area contributed by atoms with E-state index in [0.717, 1.165) is 18.5 Å². The number of nitrogens with zero attached hydrogens (tertiary/aromatic N) is 2. The monoisotopic (exact) mass is 523 g/mol. The van der Waals surface area contributed by atoms with E-state index in [1.165, 1.54) is 6.20 Å². The quantitative estimate of drug-likeness (QED) is 0.352. The minimum absolute atomic E-state index is 0.0998. The number of carbonyl (C=O) groups excluding carboxylic acids is 1. The number of carbonyl (C=O) groups is 2. The van der Waals surface area contributed by atoms with Crippen LogP contribution in [0.2, 0.25) is 0 Å².